The minimum absolute atomic E-state index is 0.0463. The van der Waals surface area contributed by atoms with Crippen LogP contribution in [0, 0.1) is 0 Å². The molecule has 3 aromatic rings. The van der Waals surface area contributed by atoms with Crippen molar-refractivity contribution in [1.29, 1.82) is 0 Å². The van der Waals surface area contributed by atoms with Gasteiger partial charge in [-0.15, -0.1) is 0 Å². The first-order valence-corrected chi connectivity index (χ1v) is 8.12. The quantitative estimate of drug-likeness (QED) is 0.753. The van der Waals surface area contributed by atoms with Gasteiger partial charge in [-0.2, -0.15) is 0 Å². The van der Waals surface area contributed by atoms with Crippen LogP contribution in [0.5, 0.6) is 5.75 Å². The molecule has 128 valence electrons. The lowest BCUT2D eigenvalue weighted by molar-refractivity contribution is -0.121. The Labute approximate surface area is 147 Å². The van der Waals surface area contributed by atoms with Crippen LogP contribution < -0.4 is 10.1 Å². The highest BCUT2D eigenvalue weighted by Gasteiger charge is 2.20. The number of aryl methyl sites for hydroxylation is 1. The van der Waals surface area contributed by atoms with Crippen molar-refractivity contribution in [3.8, 4) is 5.75 Å². The van der Waals surface area contributed by atoms with Crippen LogP contribution >= 0.6 is 0 Å². The molecule has 0 aliphatic heterocycles. The molecule has 5 heteroatoms. The minimum atomic E-state index is -0.317. The Kier molecular flexibility index (Phi) is 5.14. The van der Waals surface area contributed by atoms with E-state index in [0.717, 1.165) is 22.7 Å². The van der Waals surface area contributed by atoms with E-state index in [0.29, 0.717) is 6.42 Å². The Morgan fingerprint density at radius 1 is 1.16 bits per heavy atom. The highest BCUT2D eigenvalue weighted by molar-refractivity contribution is 5.79. The van der Waals surface area contributed by atoms with Gasteiger partial charge < -0.3 is 14.6 Å². The summed E-state index contributed by atoms with van der Waals surface area (Å²) in [6.45, 7) is 0. The maximum absolute atomic E-state index is 12.6. The molecule has 25 heavy (non-hydrogen) atoms. The fourth-order valence-electron chi connectivity index (χ4n) is 2.74. The summed E-state index contributed by atoms with van der Waals surface area (Å²) in [5, 5.41) is 3.10. The Hall–Kier alpha value is -3.08. The van der Waals surface area contributed by atoms with E-state index in [1.54, 1.807) is 13.3 Å². The second-order valence-electron chi connectivity index (χ2n) is 5.83. The number of nitrogens with zero attached hydrogens (tertiary/aromatic N) is 2. The number of hydrogen-bond acceptors (Lipinski definition) is 3. The zero-order valence-corrected chi connectivity index (χ0v) is 14.3. The predicted molar refractivity (Wildman–Crippen MR) is 96.3 cm³/mol. The second kappa shape index (κ2) is 7.66. The number of nitrogens with one attached hydrogen (secondary N) is 1. The maximum atomic E-state index is 12.6. The average Bonchev–Trinajstić information content (AvgIpc) is 3.06. The van der Waals surface area contributed by atoms with Crippen LogP contribution in [0.25, 0.3) is 0 Å². The molecule has 2 aromatic carbocycles. The van der Waals surface area contributed by atoms with Gasteiger partial charge in [0.25, 0.3) is 0 Å². The van der Waals surface area contributed by atoms with Gasteiger partial charge in [-0.05, 0) is 23.3 Å². The molecule has 0 aliphatic carbocycles. The van der Waals surface area contributed by atoms with Gasteiger partial charge in [-0.3, -0.25) is 4.79 Å². The van der Waals surface area contributed by atoms with Gasteiger partial charge in [0.05, 0.1) is 13.5 Å². The third-order valence-corrected chi connectivity index (χ3v) is 4.08. The van der Waals surface area contributed by atoms with Crippen LogP contribution in [0.2, 0.25) is 0 Å². The van der Waals surface area contributed by atoms with Crippen molar-refractivity contribution in [2.24, 2.45) is 7.05 Å². The molecule has 1 aromatic heterocycles. The largest absolute Gasteiger partial charge is 0.497 e. The molecule has 1 amide bonds. The topological polar surface area (TPSA) is 56.1 Å². The molecule has 3 rings (SSSR count). The monoisotopic (exact) mass is 335 g/mol. The highest BCUT2D eigenvalue weighted by Crippen LogP contribution is 2.23. The smallest absolute Gasteiger partial charge is 0.225 e. The first-order chi connectivity index (χ1) is 12.2. The number of aromatic nitrogens is 2. The first-order valence-electron chi connectivity index (χ1n) is 8.12. The number of carbonyl (C=O) groups is 1. The van der Waals surface area contributed by atoms with E-state index < -0.39 is 0 Å². The van der Waals surface area contributed by atoms with Gasteiger partial charge in [0.2, 0.25) is 5.91 Å². The van der Waals surface area contributed by atoms with Crippen LogP contribution in [-0.4, -0.2) is 22.6 Å². The van der Waals surface area contributed by atoms with Crippen molar-refractivity contribution >= 4 is 5.91 Å². The molecule has 0 aliphatic rings. The molecule has 0 saturated heterocycles. The number of amides is 1. The van der Waals surface area contributed by atoms with E-state index in [1.165, 1.54) is 0 Å². The second-order valence-corrected chi connectivity index (χ2v) is 5.83. The zero-order valence-electron chi connectivity index (χ0n) is 14.3. The van der Waals surface area contributed by atoms with E-state index in [1.807, 2.05) is 72.4 Å². The van der Waals surface area contributed by atoms with Crippen molar-refractivity contribution in [3.63, 3.8) is 0 Å². The van der Waals surface area contributed by atoms with Crippen molar-refractivity contribution in [3.05, 3.63) is 83.9 Å². The Balaban J connectivity index is 1.83. The summed E-state index contributed by atoms with van der Waals surface area (Å²) in [6, 6.07) is 17.0. The van der Waals surface area contributed by atoms with Gasteiger partial charge in [0, 0.05) is 19.4 Å². The Morgan fingerprint density at radius 2 is 1.88 bits per heavy atom. The molecule has 0 spiro atoms. The zero-order chi connectivity index (χ0) is 17.6. The first kappa shape index (κ1) is 16.8. The number of hydrogen-bond donors (Lipinski definition) is 1. The molecule has 0 saturated carbocycles. The predicted octanol–water partition coefficient (Wildman–Crippen LogP) is 2.88. The number of imidazole rings is 1. The van der Waals surface area contributed by atoms with Crippen LogP contribution in [0.1, 0.15) is 23.0 Å². The number of benzene rings is 2. The highest BCUT2D eigenvalue weighted by atomic mass is 16.5. The summed E-state index contributed by atoms with van der Waals surface area (Å²) in [5.41, 5.74) is 1.94. The number of carbonyl (C=O) groups excluding carboxylic acids is 1. The normalized spacial score (nSPS) is 11.8. The summed E-state index contributed by atoms with van der Waals surface area (Å²) in [5.74, 6) is 1.51. The van der Waals surface area contributed by atoms with Gasteiger partial charge in [0.15, 0.2) is 0 Å². The van der Waals surface area contributed by atoms with Gasteiger partial charge in [-0.25, -0.2) is 4.98 Å². The van der Waals surface area contributed by atoms with E-state index in [9.17, 15) is 4.79 Å². The standard InChI is InChI=1S/C20H21N3O2/c1-23-13-12-21-20(23)19(16-8-10-17(25-2)11-9-16)22-18(24)14-15-6-4-3-5-7-15/h3-13,19H,14H2,1-2H3,(H,22,24)/t19-/m1/s1. The Bertz CT molecular complexity index is 826. The summed E-state index contributed by atoms with van der Waals surface area (Å²) >= 11 is 0. The van der Waals surface area contributed by atoms with Crippen molar-refractivity contribution in [1.82, 2.24) is 14.9 Å². The molecule has 0 unspecified atom stereocenters. The lowest BCUT2D eigenvalue weighted by Gasteiger charge is -2.19. The number of ether oxygens (including phenoxy) is 1. The third-order valence-electron chi connectivity index (χ3n) is 4.08. The maximum Gasteiger partial charge on any atom is 0.225 e. The molecule has 0 fully saturated rings. The third kappa shape index (κ3) is 4.07. The van der Waals surface area contributed by atoms with E-state index >= 15 is 0 Å². The molecular weight excluding hydrogens is 314 g/mol. The molecule has 0 bridgehead atoms. The van der Waals surface area contributed by atoms with Crippen LogP contribution in [-0.2, 0) is 18.3 Å². The molecule has 0 radical (unpaired) electrons. The van der Waals surface area contributed by atoms with Gasteiger partial charge in [-0.1, -0.05) is 42.5 Å². The summed E-state index contributed by atoms with van der Waals surface area (Å²) in [6.07, 6.45) is 3.93. The number of rotatable bonds is 6. The fraction of sp³-hybridized carbons (Fsp3) is 0.200. The lowest BCUT2D eigenvalue weighted by atomic mass is 10.0. The van der Waals surface area contributed by atoms with E-state index in [-0.39, 0.29) is 11.9 Å². The molecule has 1 atom stereocenters. The fourth-order valence-corrected chi connectivity index (χ4v) is 2.74. The van der Waals surface area contributed by atoms with Gasteiger partial charge >= 0.3 is 0 Å². The van der Waals surface area contributed by atoms with Crippen LogP contribution in [0.4, 0.5) is 0 Å². The summed E-state index contributed by atoms with van der Waals surface area (Å²) in [4.78, 5) is 17.0. The van der Waals surface area contributed by atoms with Crippen LogP contribution in [0.15, 0.2) is 67.0 Å². The van der Waals surface area contributed by atoms with E-state index in [4.69, 9.17) is 4.74 Å². The minimum Gasteiger partial charge on any atom is -0.497 e. The molecular formula is C20H21N3O2. The molecule has 1 N–H and O–H groups in total. The Morgan fingerprint density at radius 3 is 2.48 bits per heavy atom. The SMILES string of the molecule is COc1ccc([C@@H](NC(=O)Cc2ccccc2)c2nccn2C)cc1. The summed E-state index contributed by atoms with van der Waals surface area (Å²) in [7, 11) is 3.55. The number of methoxy groups -OCH3 is 1. The van der Waals surface area contributed by atoms with E-state index in [2.05, 4.69) is 10.3 Å². The summed E-state index contributed by atoms with van der Waals surface area (Å²) < 4.78 is 7.13. The lowest BCUT2D eigenvalue weighted by Crippen LogP contribution is -2.32. The van der Waals surface area contributed by atoms with Crippen molar-refractivity contribution in [2.45, 2.75) is 12.5 Å². The average molecular weight is 335 g/mol. The van der Waals surface area contributed by atoms with Crippen LogP contribution in [0.3, 0.4) is 0 Å². The van der Waals surface area contributed by atoms with Crippen molar-refractivity contribution < 1.29 is 9.53 Å². The van der Waals surface area contributed by atoms with Gasteiger partial charge in [0.1, 0.15) is 17.6 Å². The molecule has 5 nitrogen and oxygen atoms in total. The molecule has 1 heterocycles. The van der Waals surface area contributed by atoms with Crippen molar-refractivity contribution in [2.75, 3.05) is 7.11 Å².